The highest BCUT2D eigenvalue weighted by Gasteiger charge is 2.14. The number of benzene rings is 1. The van der Waals surface area contributed by atoms with Gasteiger partial charge in [-0.2, -0.15) is 4.98 Å². The number of hydrogen-bond acceptors (Lipinski definition) is 7. The van der Waals surface area contributed by atoms with Gasteiger partial charge in [0.2, 0.25) is 11.7 Å². The largest absolute Gasteiger partial charge is 0.456 e. The lowest BCUT2D eigenvalue weighted by Crippen LogP contribution is -2.31. The van der Waals surface area contributed by atoms with Crippen molar-refractivity contribution in [1.82, 2.24) is 15.5 Å². The zero-order valence-corrected chi connectivity index (χ0v) is 17.2. The van der Waals surface area contributed by atoms with Crippen LogP contribution < -0.4 is 5.32 Å². The molecule has 1 amide bonds. The average molecular weight is 413 g/mol. The third kappa shape index (κ3) is 5.99. The molecule has 0 aliphatic carbocycles. The van der Waals surface area contributed by atoms with E-state index in [9.17, 15) is 9.59 Å². The van der Waals surface area contributed by atoms with E-state index in [-0.39, 0.29) is 31.4 Å². The van der Waals surface area contributed by atoms with Crippen LogP contribution in [0, 0.1) is 0 Å². The standard InChI is InChI=1S/C21H23N3O4S/c1-3-15-6-8-16(9-7-15)14(2)22-18(25)13-27-20(26)11-10-19-23-21(24-28-19)17-5-4-12-29-17/h4-9,12,14H,3,10-11,13H2,1-2H3,(H,22,25). The predicted molar refractivity (Wildman–Crippen MR) is 109 cm³/mol. The third-order valence-corrected chi connectivity index (χ3v) is 5.25. The van der Waals surface area contributed by atoms with E-state index < -0.39 is 5.97 Å². The Kier molecular flexibility index (Phi) is 7.13. The SMILES string of the molecule is CCc1ccc(C(C)NC(=O)COC(=O)CCc2nc(-c3cccs3)no2)cc1. The Bertz CT molecular complexity index is 935. The molecule has 8 heteroatoms. The molecule has 29 heavy (non-hydrogen) atoms. The summed E-state index contributed by atoms with van der Waals surface area (Å²) >= 11 is 1.51. The normalized spacial score (nSPS) is 11.8. The molecule has 0 bridgehead atoms. The first-order valence-electron chi connectivity index (χ1n) is 9.45. The first kappa shape index (κ1) is 20.7. The molecule has 2 aromatic heterocycles. The van der Waals surface area contributed by atoms with Crippen LogP contribution in [0.4, 0.5) is 0 Å². The Hall–Kier alpha value is -3.00. The Morgan fingerprint density at radius 3 is 2.72 bits per heavy atom. The number of carbonyl (C=O) groups excluding carboxylic acids is 2. The molecule has 1 unspecified atom stereocenters. The van der Waals surface area contributed by atoms with E-state index in [1.165, 1.54) is 16.9 Å². The fourth-order valence-electron chi connectivity index (χ4n) is 2.70. The van der Waals surface area contributed by atoms with E-state index in [0.717, 1.165) is 16.9 Å². The summed E-state index contributed by atoms with van der Waals surface area (Å²) in [5, 5.41) is 8.64. The van der Waals surface area contributed by atoms with Gasteiger partial charge in [-0.05, 0) is 35.9 Å². The van der Waals surface area contributed by atoms with Crippen LogP contribution in [-0.4, -0.2) is 28.6 Å². The van der Waals surface area contributed by atoms with E-state index in [1.54, 1.807) is 0 Å². The van der Waals surface area contributed by atoms with E-state index in [2.05, 4.69) is 22.4 Å². The average Bonchev–Trinajstić information content (AvgIpc) is 3.42. The van der Waals surface area contributed by atoms with Gasteiger partial charge in [-0.3, -0.25) is 9.59 Å². The second-order valence-corrected chi connectivity index (χ2v) is 7.48. The highest BCUT2D eigenvalue weighted by Crippen LogP contribution is 2.21. The van der Waals surface area contributed by atoms with Gasteiger partial charge in [0.25, 0.3) is 5.91 Å². The first-order valence-corrected chi connectivity index (χ1v) is 10.3. The lowest BCUT2D eigenvalue weighted by Gasteiger charge is -2.14. The second-order valence-electron chi connectivity index (χ2n) is 6.53. The molecule has 7 nitrogen and oxygen atoms in total. The van der Waals surface area contributed by atoms with Gasteiger partial charge in [-0.15, -0.1) is 11.3 Å². The summed E-state index contributed by atoms with van der Waals surface area (Å²) in [6.07, 6.45) is 1.29. The molecule has 0 aliphatic rings. The summed E-state index contributed by atoms with van der Waals surface area (Å²) in [6.45, 7) is 3.66. The van der Waals surface area contributed by atoms with E-state index in [0.29, 0.717) is 11.7 Å². The molecule has 152 valence electrons. The monoisotopic (exact) mass is 413 g/mol. The van der Waals surface area contributed by atoms with Crippen molar-refractivity contribution in [3.05, 3.63) is 58.8 Å². The number of ether oxygens (including phenoxy) is 1. The summed E-state index contributed by atoms with van der Waals surface area (Å²) in [6, 6.07) is 11.7. The Labute approximate surface area is 173 Å². The van der Waals surface area contributed by atoms with Crippen LogP contribution in [0.25, 0.3) is 10.7 Å². The summed E-state index contributed by atoms with van der Waals surface area (Å²) in [4.78, 5) is 29.1. The highest BCUT2D eigenvalue weighted by molar-refractivity contribution is 7.13. The zero-order valence-electron chi connectivity index (χ0n) is 16.4. The van der Waals surface area contributed by atoms with Crippen molar-refractivity contribution in [1.29, 1.82) is 0 Å². The molecule has 0 saturated heterocycles. The fraction of sp³-hybridized carbons (Fsp3) is 0.333. The topological polar surface area (TPSA) is 94.3 Å². The summed E-state index contributed by atoms with van der Waals surface area (Å²) in [5.41, 5.74) is 2.24. The van der Waals surface area contributed by atoms with E-state index in [4.69, 9.17) is 9.26 Å². The molecule has 0 aliphatic heterocycles. The quantitative estimate of drug-likeness (QED) is 0.538. The molecular formula is C21H23N3O4S. The molecular weight excluding hydrogens is 390 g/mol. The van der Waals surface area contributed by atoms with Crippen LogP contribution >= 0.6 is 11.3 Å². The van der Waals surface area contributed by atoms with Crippen molar-refractivity contribution < 1.29 is 18.8 Å². The van der Waals surface area contributed by atoms with Gasteiger partial charge in [0, 0.05) is 6.42 Å². The van der Waals surface area contributed by atoms with E-state index in [1.807, 2.05) is 48.7 Å². The van der Waals surface area contributed by atoms with Gasteiger partial charge in [0.15, 0.2) is 6.61 Å². The molecule has 0 spiro atoms. The smallest absolute Gasteiger partial charge is 0.306 e. The number of amides is 1. The number of carbonyl (C=O) groups is 2. The number of aromatic nitrogens is 2. The molecule has 2 heterocycles. The number of esters is 1. The predicted octanol–water partition coefficient (Wildman–Crippen LogP) is 3.71. The second kappa shape index (κ2) is 9.97. The van der Waals surface area contributed by atoms with Crippen LogP contribution in [0.3, 0.4) is 0 Å². The molecule has 1 N–H and O–H groups in total. The minimum atomic E-state index is -0.490. The fourth-order valence-corrected chi connectivity index (χ4v) is 3.35. The number of thiophene rings is 1. The molecule has 3 aromatic rings. The lowest BCUT2D eigenvalue weighted by molar-refractivity contribution is -0.148. The summed E-state index contributed by atoms with van der Waals surface area (Å²) < 4.78 is 10.2. The Morgan fingerprint density at radius 1 is 1.24 bits per heavy atom. The van der Waals surface area contributed by atoms with Crippen LogP contribution in [0.15, 0.2) is 46.3 Å². The Morgan fingerprint density at radius 2 is 2.03 bits per heavy atom. The molecule has 0 radical (unpaired) electrons. The van der Waals surface area contributed by atoms with Crippen molar-refractivity contribution in [2.75, 3.05) is 6.61 Å². The van der Waals surface area contributed by atoms with Crippen LogP contribution in [0.5, 0.6) is 0 Å². The van der Waals surface area contributed by atoms with Crippen LogP contribution in [0.1, 0.15) is 43.3 Å². The van der Waals surface area contributed by atoms with Crippen molar-refractivity contribution in [2.45, 2.75) is 39.2 Å². The summed E-state index contributed by atoms with van der Waals surface area (Å²) in [5.74, 6) is 0.0295. The molecule has 1 aromatic carbocycles. The highest BCUT2D eigenvalue weighted by atomic mass is 32.1. The number of hydrogen-bond donors (Lipinski definition) is 1. The number of rotatable bonds is 9. The lowest BCUT2D eigenvalue weighted by atomic mass is 10.1. The maximum Gasteiger partial charge on any atom is 0.306 e. The van der Waals surface area contributed by atoms with Crippen LogP contribution in [0.2, 0.25) is 0 Å². The third-order valence-electron chi connectivity index (χ3n) is 4.38. The van der Waals surface area contributed by atoms with Gasteiger partial charge in [0.05, 0.1) is 17.3 Å². The maximum atomic E-state index is 12.0. The minimum Gasteiger partial charge on any atom is -0.456 e. The van der Waals surface area contributed by atoms with Crippen molar-refractivity contribution >= 4 is 23.2 Å². The molecule has 1 atom stereocenters. The van der Waals surface area contributed by atoms with Crippen molar-refractivity contribution in [2.24, 2.45) is 0 Å². The summed E-state index contributed by atoms with van der Waals surface area (Å²) in [7, 11) is 0. The molecule has 0 fully saturated rings. The number of aryl methyl sites for hydroxylation is 2. The maximum absolute atomic E-state index is 12.0. The Balaban J connectivity index is 1.39. The number of nitrogens with one attached hydrogen (secondary N) is 1. The van der Waals surface area contributed by atoms with Gasteiger partial charge >= 0.3 is 5.97 Å². The van der Waals surface area contributed by atoms with Gasteiger partial charge in [0.1, 0.15) is 0 Å². The minimum absolute atomic E-state index is 0.0629. The van der Waals surface area contributed by atoms with E-state index >= 15 is 0 Å². The first-order chi connectivity index (χ1) is 14.0. The van der Waals surface area contributed by atoms with Crippen molar-refractivity contribution in [3.63, 3.8) is 0 Å². The molecule has 0 saturated carbocycles. The van der Waals surface area contributed by atoms with Gasteiger partial charge < -0.3 is 14.6 Å². The van der Waals surface area contributed by atoms with Gasteiger partial charge in [-0.1, -0.05) is 42.4 Å². The zero-order chi connectivity index (χ0) is 20.6. The van der Waals surface area contributed by atoms with Crippen LogP contribution in [-0.2, 0) is 27.2 Å². The molecule has 3 rings (SSSR count). The van der Waals surface area contributed by atoms with Gasteiger partial charge in [-0.25, -0.2) is 0 Å². The van der Waals surface area contributed by atoms with Crippen molar-refractivity contribution in [3.8, 4) is 10.7 Å². The number of nitrogens with zero attached hydrogens (tertiary/aromatic N) is 2.